The Hall–Kier alpha value is -2.05. The number of rotatable bonds is 4. The summed E-state index contributed by atoms with van der Waals surface area (Å²) in [6, 6.07) is 9.13. The molecule has 6 heteroatoms. The first-order chi connectivity index (χ1) is 13.2. The van der Waals surface area contributed by atoms with Crippen LogP contribution in [0.25, 0.3) is 10.9 Å². The molecule has 2 saturated heterocycles. The van der Waals surface area contributed by atoms with Gasteiger partial charge in [-0.05, 0) is 37.9 Å². The second-order valence-corrected chi connectivity index (χ2v) is 7.61. The molecule has 0 bridgehead atoms. The van der Waals surface area contributed by atoms with Gasteiger partial charge in [0, 0.05) is 62.4 Å². The number of nitrogens with zero attached hydrogens (tertiary/aromatic N) is 3. The number of hydrogen-bond donors (Lipinski definition) is 1. The Morgan fingerprint density at radius 1 is 1.19 bits per heavy atom. The molecule has 0 spiro atoms. The van der Waals surface area contributed by atoms with Crippen LogP contribution in [0.1, 0.15) is 25.3 Å². The van der Waals surface area contributed by atoms with Crippen LogP contribution in [0.3, 0.4) is 0 Å². The summed E-state index contributed by atoms with van der Waals surface area (Å²) in [4.78, 5) is 22.3. The number of carbonyl (C=O) groups excluding carboxylic acids is 1. The van der Waals surface area contributed by atoms with Crippen LogP contribution < -0.4 is 0 Å². The van der Waals surface area contributed by atoms with Crippen LogP contribution in [0.4, 0.5) is 4.79 Å². The van der Waals surface area contributed by atoms with Crippen molar-refractivity contribution in [2.75, 3.05) is 45.9 Å². The number of piperidine rings is 1. The molecule has 2 aliphatic heterocycles. The lowest BCUT2D eigenvalue weighted by Crippen LogP contribution is -2.55. The van der Waals surface area contributed by atoms with E-state index >= 15 is 0 Å². The summed E-state index contributed by atoms with van der Waals surface area (Å²) in [6.07, 6.45) is 4.49. The van der Waals surface area contributed by atoms with Crippen molar-refractivity contribution in [1.29, 1.82) is 0 Å². The Morgan fingerprint density at radius 3 is 2.81 bits per heavy atom. The average molecular weight is 370 g/mol. The first kappa shape index (κ1) is 18.3. The second-order valence-electron chi connectivity index (χ2n) is 7.61. The number of carbonyl (C=O) groups is 1. The maximum Gasteiger partial charge on any atom is 0.409 e. The Morgan fingerprint density at radius 2 is 2.00 bits per heavy atom. The van der Waals surface area contributed by atoms with E-state index in [2.05, 4.69) is 45.2 Å². The quantitative estimate of drug-likeness (QED) is 0.899. The van der Waals surface area contributed by atoms with Crippen molar-refractivity contribution < 1.29 is 9.53 Å². The minimum atomic E-state index is -0.165. The number of hydrogen-bond acceptors (Lipinski definition) is 4. The zero-order valence-electron chi connectivity index (χ0n) is 16.2. The molecule has 3 heterocycles. The van der Waals surface area contributed by atoms with Gasteiger partial charge in [-0.1, -0.05) is 18.2 Å². The average Bonchev–Trinajstić information content (AvgIpc) is 3.11. The number of piperazine rings is 1. The molecule has 1 N–H and O–H groups in total. The zero-order chi connectivity index (χ0) is 18.6. The summed E-state index contributed by atoms with van der Waals surface area (Å²) in [6.45, 7) is 9.04. The monoisotopic (exact) mass is 370 g/mol. The number of ether oxygens (including phenoxy) is 1. The molecule has 2 aromatic rings. The molecule has 6 nitrogen and oxygen atoms in total. The van der Waals surface area contributed by atoms with Gasteiger partial charge in [-0.15, -0.1) is 0 Å². The van der Waals surface area contributed by atoms with Gasteiger partial charge >= 0.3 is 6.09 Å². The molecule has 2 aliphatic rings. The van der Waals surface area contributed by atoms with Gasteiger partial charge in [0.15, 0.2) is 0 Å². The van der Waals surface area contributed by atoms with E-state index in [4.69, 9.17) is 4.74 Å². The molecular formula is C21H30N4O2. The van der Waals surface area contributed by atoms with Crippen LogP contribution in [-0.4, -0.2) is 77.7 Å². The molecule has 1 amide bonds. The molecule has 1 aromatic carbocycles. The Kier molecular flexibility index (Phi) is 5.64. The summed E-state index contributed by atoms with van der Waals surface area (Å²) in [5.74, 6) is 0. The number of para-hydroxylation sites is 1. The fourth-order valence-electron chi connectivity index (χ4n) is 4.46. The highest BCUT2D eigenvalue weighted by Gasteiger charge is 2.29. The van der Waals surface area contributed by atoms with E-state index in [9.17, 15) is 4.79 Å². The molecule has 146 valence electrons. The normalized spacial score (nSPS) is 22.3. The van der Waals surface area contributed by atoms with Gasteiger partial charge in [0.2, 0.25) is 0 Å². The SMILES string of the molecule is CCOC(=O)N1CCN([C@H]2CCCN(Cc3c[nH]c4ccccc34)C2)CC1. The van der Waals surface area contributed by atoms with Gasteiger partial charge in [-0.2, -0.15) is 0 Å². The Bertz CT molecular complexity index is 766. The molecule has 0 radical (unpaired) electrons. The summed E-state index contributed by atoms with van der Waals surface area (Å²) >= 11 is 0. The van der Waals surface area contributed by atoms with Crippen molar-refractivity contribution in [2.45, 2.75) is 32.4 Å². The Balaban J connectivity index is 1.33. The first-order valence-corrected chi connectivity index (χ1v) is 10.2. The molecule has 4 rings (SSSR count). The van der Waals surface area contributed by atoms with E-state index in [0.29, 0.717) is 12.6 Å². The minimum Gasteiger partial charge on any atom is -0.450 e. The highest BCUT2D eigenvalue weighted by Crippen LogP contribution is 2.23. The van der Waals surface area contributed by atoms with E-state index in [1.165, 1.54) is 35.9 Å². The maximum atomic E-state index is 11.9. The number of H-pyrrole nitrogens is 1. The van der Waals surface area contributed by atoms with Gasteiger partial charge < -0.3 is 14.6 Å². The number of nitrogens with one attached hydrogen (secondary N) is 1. The van der Waals surface area contributed by atoms with Crippen molar-refractivity contribution in [2.24, 2.45) is 0 Å². The van der Waals surface area contributed by atoms with E-state index in [1.807, 2.05) is 11.8 Å². The number of fused-ring (bicyclic) bond motifs is 1. The smallest absolute Gasteiger partial charge is 0.409 e. The lowest BCUT2D eigenvalue weighted by atomic mass is 10.0. The van der Waals surface area contributed by atoms with Crippen molar-refractivity contribution in [3.63, 3.8) is 0 Å². The number of aromatic amines is 1. The van der Waals surface area contributed by atoms with Crippen LogP contribution in [-0.2, 0) is 11.3 Å². The van der Waals surface area contributed by atoms with Gasteiger partial charge in [-0.25, -0.2) is 4.79 Å². The van der Waals surface area contributed by atoms with Crippen molar-refractivity contribution in [1.82, 2.24) is 19.7 Å². The molecule has 1 atom stereocenters. The number of amides is 1. The topological polar surface area (TPSA) is 51.8 Å². The molecule has 2 fully saturated rings. The van der Waals surface area contributed by atoms with Gasteiger partial charge in [0.05, 0.1) is 6.61 Å². The number of likely N-dealkylation sites (tertiary alicyclic amines) is 1. The third-order valence-electron chi connectivity index (χ3n) is 5.91. The molecule has 0 saturated carbocycles. The fourth-order valence-corrected chi connectivity index (χ4v) is 4.46. The molecular weight excluding hydrogens is 340 g/mol. The van der Waals surface area contributed by atoms with Crippen LogP contribution in [0.2, 0.25) is 0 Å². The van der Waals surface area contributed by atoms with Gasteiger partial charge in [-0.3, -0.25) is 9.80 Å². The van der Waals surface area contributed by atoms with Crippen LogP contribution in [0.5, 0.6) is 0 Å². The van der Waals surface area contributed by atoms with E-state index in [1.54, 1.807) is 0 Å². The zero-order valence-corrected chi connectivity index (χ0v) is 16.2. The molecule has 0 aliphatic carbocycles. The Labute approximate surface area is 161 Å². The van der Waals surface area contributed by atoms with Crippen molar-refractivity contribution >= 4 is 17.0 Å². The lowest BCUT2D eigenvalue weighted by molar-refractivity contribution is 0.0413. The standard InChI is InChI=1S/C21H30N4O2/c1-2-27-21(26)25-12-10-24(11-13-25)18-6-5-9-23(16-18)15-17-14-22-20-8-4-3-7-19(17)20/h3-4,7-8,14,18,22H,2,5-6,9-13,15-16H2,1H3/t18-/m0/s1. The molecule has 0 unspecified atom stereocenters. The predicted molar refractivity (Wildman–Crippen MR) is 107 cm³/mol. The van der Waals surface area contributed by atoms with Crippen molar-refractivity contribution in [3.05, 3.63) is 36.0 Å². The van der Waals surface area contributed by atoms with E-state index < -0.39 is 0 Å². The summed E-state index contributed by atoms with van der Waals surface area (Å²) < 4.78 is 5.13. The number of benzene rings is 1. The van der Waals surface area contributed by atoms with Crippen LogP contribution in [0.15, 0.2) is 30.5 Å². The summed E-state index contributed by atoms with van der Waals surface area (Å²) in [7, 11) is 0. The third-order valence-corrected chi connectivity index (χ3v) is 5.91. The van der Waals surface area contributed by atoms with E-state index in [0.717, 1.165) is 39.3 Å². The van der Waals surface area contributed by atoms with Crippen molar-refractivity contribution in [3.8, 4) is 0 Å². The molecule has 1 aromatic heterocycles. The highest BCUT2D eigenvalue weighted by molar-refractivity contribution is 5.82. The highest BCUT2D eigenvalue weighted by atomic mass is 16.6. The third kappa shape index (κ3) is 4.12. The summed E-state index contributed by atoms with van der Waals surface area (Å²) in [5, 5.41) is 1.34. The second kappa shape index (κ2) is 8.31. The first-order valence-electron chi connectivity index (χ1n) is 10.2. The fraction of sp³-hybridized carbons (Fsp3) is 0.571. The van der Waals surface area contributed by atoms with Crippen LogP contribution >= 0.6 is 0 Å². The predicted octanol–water partition coefficient (Wildman–Crippen LogP) is 2.91. The van der Waals surface area contributed by atoms with Gasteiger partial charge in [0.25, 0.3) is 0 Å². The minimum absolute atomic E-state index is 0.165. The number of aromatic nitrogens is 1. The van der Waals surface area contributed by atoms with Gasteiger partial charge in [0.1, 0.15) is 0 Å². The molecule has 27 heavy (non-hydrogen) atoms. The lowest BCUT2D eigenvalue weighted by Gasteiger charge is -2.43. The maximum absolute atomic E-state index is 11.9. The van der Waals surface area contributed by atoms with Crippen LogP contribution in [0, 0.1) is 0 Å². The largest absolute Gasteiger partial charge is 0.450 e. The van der Waals surface area contributed by atoms with E-state index in [-0.39, 0.29) is 6.09 Å². The summed E-state index contributed by atoms with van der Waals surface area (Å²) in [5.41, 5.74) is 2.61.